The Morgan fingerprint density at radius 3 is 2.68 bits per heavy atom. The summed E-state index contributed by atoms with van der Waals surface area (Å²) in [6.45, 7) is 4.40. The van der Waals surface area contributed by atoms with E-state index in [1.165, 1.54) is 11.3 Å². The largest absolute Gasteiger partial charge is 0.481 e. The second-order valence-corrected chi connectivity index (χ2v) is 5.63. The summed E-state index contributed by atoms with van der Waals surface area (Å²) in [4.78, 5) is 26.6. The van der Waals surface area contributed by atoms with Gasteiger partial charge in [0, 0.05) is 18.1 Å². The SMILES string of the molecule is CC(C)CC(CNC(=O)NCc1nccs1)C(=O)O. The smallest absolute Gasteiger partial charge is 0.315 e. The van der Waals surface area contributed by atoms with Crippen LogP contribution < -0.4 is 10.6 Å². The lowest BCUT2D eigenvalue weighted by atomic mass is 9.97. The van der Waals surface area contributed by atoms with Crippen molar-refractivity contribution in [2.24, 2.45) is 11.8 Å². The maximum absolute atomic E-state index is 11.5. The summed E-state index contributed by atoms with van der Waals surface area (Å²) in [5, 5.41) is 16.9. The zero-order valence-electron chi connectivity index (χ0n) is 11.0. The molecule has 0 aliphatic heterocycles. The number of hydrogen-bond donors (Lipinski definition) is 3. The summed E-state index contributed by atoms with van der Waals surface area (Å²) in [6, 6.07) is -0.370. The first-order chi connectivity index (χ1) is 8.99. The predicted octanol–water partition coefficient (Wildman–Crippen LogP) is 1.69. The van der Waals surface area contributed by atoms with E-state index in [1.807, 2.05) is 19.2 Å². The van der Waals surface area contributed by atoms with E-state index in [0.717, 1.165) is 5.01 Å². The van der Waals surface area contributed by atoms with Crippen molar-refractivity contribution in [1.82, 2.24) is 15.6 Å². The minimum absolute atomic E-state index is 0.136. The number of aliphatic carboxylic acids is 1. The molecule has 1 aromatic rings. The molecule has 0 saturated carbocycles. The molecule has 1 rings (SSSR count). The lowest BCUT2D eigenvalue weighted by Gasteiger charge is -2.15. The van der Waals surface area contributed by atoms with E-state index < -0.39 is 11.9 Å². The molecule has 0 radical (unpaired) electrons. The molecule has 0 spiro atoms. The highest BCUT2D eigenvalue weighted by atomic mass is 32.1. The number of rotatable bonds is 7. The summed E-state index contributed by atoms with van der Waals surface area (Å²) in [5.74, 6) is -1.15. The molecule has 19 heavy (non-hydrogen) atoms. The van der Waals surface area contributed by atoms with E-state index in [1.54, 1.807) is 6.20 Å². The van der Waals surface area contributed by atoms with Crippen LogP contribution >= 0.6 is 11.3 Å². The summed E-state index contributed by atoms with van der Waals surface area (Å²) in [7, 11) is 0. The molecule has 2 amide bonds. The standard InChI is InChI=1S/C12H19N3O3S/c1-8(2)5-9(11(16)17)6-14-12(18)15-7-10-13-3-4-19-10/h3-4,8-9H,5-7H2,1-2H3,(H,16,17)(H2,14,15,18). The van der Waals surface area contributed by atoms with Gasteiger partial charge in [0.1, 0.15) is 5.01 Å². The van der Waals surface area contributed by atoms with E-state index in [0.29, 0.717) is 13.0 Å². The Morgan fingerprint density at radius 2 is 2.16 bits per heavy atom. The van der Waals surface area contributed by atoms with Gasteiger partial charge in [0.15, 0.2) is 0 Å². The van der Waals surface area contributed by atoms with Crippen LogP contribution in [0.1, 0.15) is 25.3 Å². The number of carbonyl (C=O) groups is 2. The van der Waals surface area contributed by atoms with Gasteiger partial charge >= 0.3 is 12.0 Å². The maximum atomic E-state index is 11.5. The van der Waals surface area contributed by atoms with Crippen molar-refractivity contribution in [3.63, 3.8) is 0 Å². The minimum Gasteiger partial charge on any atom is -0.481 e. The number of thiazole rings is 1. The van der Waals surface area contributed by atoms with Crippen molar-refractivity contribution in [2.45, 2.75) is 26.8 Å². The maximum Gasteiger partial charge on any atom is 0.315 e. The summed E-state index contributed by atoms with van der Waals surface area (Å²) in [6.07, 6.45) is 2.21. The molecule has 106 valence electrons. The highest BCUT2D eigenvalue weighted by Gasteiger charge is 2.19. The zero-order chi connectivity index (χ0) is 14.3. The van der Waals surface area contributed by atoms with Gasteiger partial charge in [0.2, 0.25) is 0 Å². The first-order valence-electron chi connectivity index (χ1n) is 6.12. The number of amides is 2. The number of carbonyl (C=O) groups excluding carboxylic acids is 1. The van der Waals surface area contributed by atoms with Gasteiger partial charge in [0.05, 0.1) is 12.5 Å². The Kier molecular flexibility index (Phi) is 6.27. The molecule has 1 unspecified atom stereocenters. The monoisotopic (exact) mass is 285 g/mol. The number of carboxylic acids is 1. The molecular formula is C12H19N3O3S. The Hall–Kier alpha value is -1.63. The van der Waals surface area contributed by atoms with Crippen LogP contribution in [0.3, 0.4) is 0 Å². The Bertz CT molecular complexity index is 406. The van der Waals surface area contributed by atoms with Crippen LogP contribution in [0.2, 0.25) is 0 Å². The summed E-state index contributed by atoms with van der Waals surface area (Å²) >= 11 is 1.45. The van der Waals surface area contributed by atoms with Gasteiger partial charge in [-0.15, -0.1) is 11.3 Å². The van der Waals surface area contributed by atoms with Gasteiger partial charge in [-0.2, -0.15) is 0 Å². The summed E-state index contributed by atoms with van der Waals surface area (Å²) < 4.78 is 0. The number of hydrogen-bond acceptors (Lipinski definition) is 4. The fourth-order valence-corrected chi connectivity index (χ4v) is 2.17. The third-order valence-corrected chi connectivity index (χ3v) is 3.28. The van der Waals surface area contributed by atoms with E-state index >= 15 is 0 Å². The molecule has 3 N–H and O–H groups in total. The third-order valence-electron chi connectivity index (χ3n) is 2.50. The molecule has 1 heterocycles. The number of nitrogens with zero attached hydrogens (tertiary/aromatic N) is 1. The lowest BCUT2D eigenvalue weighted by Crippen LogP contribution is -2.39. The van der Waals surface area contributed by atoms with Crippen LogP contribution in [0.5, 0.6) is 0 Å². The highest BCUT2D eigenvalue weighted by molar-refractivity contribution is 7.09. The molecule has 1 atom stereocenters. The van der Waals surface area contributed by atoms with Crippen molar-refractivity contribution in [3.8, 4) is 0 Å². The van der Waals surface area contributed by atoms with Crippen LogP contribution in [0.25, 0.3) is 0 Å². The predicted molar refractivity (Wildman–Crippen MR) is 72.9 cm³/mol. The second-order valence-electron chi connectivity index (χ2n) is 4.65. The second kappa shape index (κ2) is 7.73. The molecular weight excluding hydrogens is 266 g/mol. The van der Waals surface area contributed by atoms with Crippen molar-refractivity contribution < 1.29 is 14.7 Å². The fraction of sp³-hybridized carbons (Fsp3) is 0.583. The van der Waals surface area contributed by atoms with Gasteiger partial charge in [-0.1, -0.05) is 13.8 Å². The van der Waals surface area contributed by atoms with E-state index in [-0.39, 0.29) is 18.5 Å². The molecule has 1 aromatic heterocycles. The van der Waals surface area contributed by atoms with Crippen molar-refractivity contribution in [1.29, 1.82) is 0 Å². The molecule has 6 nitrogen and oxygen atoms in total. The molecule has 0 aromatic carbocycles. The van der Waals surface area contributed by atoms with Crippen LogP contribution in [-0.2, 0) is 11.3 Å². The fourth-order valence-electron chi connectivity index (χ4n) is 1.62. The number of urea groups is 1. The highest BCUT2D eigenvalue weighted by Crippen LogP contribution is 2.11. The number of nitrogens with one attached hydrogen (secondary N) is 2. The minimum atomic E-state index is -0.881. The third kappa shape index (κ3) is 6.19. The quantitative estimate of drug-likeness (QED) is 0.711. The average molecular weight is 285 g/mol. The normalized spacial score (nSPS) is 12.2. The van der Waals surface area contributed by atoms with Gasteiger partial charge in [0.25, 0.3) is 0 Å². The number of carboxylic acid groups (broad SMARTS) is 1. The molecule has 0 bridgehead atoms. The van der Waals surface area contributed by atoms with Gasteiger partial charge in [-0.3, -0.25) is 4.79 Å². The zero-order valence-corrected chi connectivity index (χ0v) is 11.9. The van der Waals surface area contributed by atoms with Crippen LogP contribution in [-0.4, -0.2) is 28.6 Å². The van der Waals surface area contributed by atoms with Gasteiger partial charge in [-0.05, 0) is 12.3 Å². The van der Waals surface area contributed by atoms with Gasteiger partial charge < -0.3 is 15.7 Å². The summed E-state index contributed by atoms with van der Waals surface area (Å²) in [5.41, 5.74) is 0. The van der Waals surface area contributed by atoms with Crippen LogP contribution in [0.15, 0.2) is 11.6 Å². The Labute approximate surface area is 116 Å². The Balaban J connectivity index is 2.29. The van der Waals surface area contributed by atoms with E-state index in [4.69, 9.17) is 5.11 Å². The topological polar surface area (TPSA) is 91.3 Å². The number of aromatic nitrogens is 1. The first-order valence-corrected chi connectivity index (χ1v) is 7.00. The molecule has 0 aliphatic rings. The van der Waals surface area contributed by atoms with Crippen LogP contribution in [0.4, 0.5) is 4.79 Å². The Morgan fingerprint density at radius 1 is 1.42 bits per heavy atom. The van der Waals surface area contributed by atoms with Crippen LogP contribution in [0, 0.1) is 11.8 Å². The lowest BCUT2D eigenvalue weighted by molar-refractivity contribution is -0.142. The van der Waals surface area contributed by atoms with E-state index in [2.05, 4.69) is 15.6 Å². The molecule has 0 aliphatic carbocycles. The molecule has 7 heteroatoms. The molecule has 0 fully saturated rings. The first kappa shape index (κ1) is 15.4. The van der Waals surface area contributed by atoms with Gasteiger partial charge in [-0.25, -0.2) is 9.78 Å². The van der Waals surface area contributed by atoms with Crippen molar-refractivity contribution in [3.05, 3.63) is 16.6 Å². The average Bonchev–Trinajstić information content (AvgIpc) is 2.84. The molecule has 0 saturated heterocycles. The van der Waals surface area contributed by atoms with Crippen molar-refractivity contribution in [2.75, 3.05) is 6.54 Å². The van der Waals surface area contributed by atoms with E-state index in [9.17, 15) is 9.59 Å². The van der Waals surface area contributed by atoms with Crippen molar-refractivity contribution >= 4 is 23.3 Å².